The normalized spacial score (nSPS) is 11.4. The van der Waals surface area contributed by atoms with Gasteiger partial charge in [0.05, 0.1) is 16.3 Å². The van der Waals surface area contributed by atoms with Crippen LogP contribution >= 0.6 is 0 Å². The van der Waals surface area contributed by atoms with E-state index in [9.17, 15) is 22.9 Å². The number of rotatable bonds is 6. The van der Waals surface area contributed by atoms with E-state index in [-0.39, 0.29) is 21.8 Å². The van der Waals surface area contributed by atoms with E-state index >= 15 is 0 Å². The average molecular weight is 421 g/mol. The van der Waals surface area contributed by atoms with Gasteiger partial charge in [-0.3, -0.25) is 9.52 Å². The van der Waals surface area contributed by atoms with Crippen LogP contribution in [0.3, 0.4) is 0 Å². The highest BCUT2D eigenvalue weighted by Gasteiger charge is 2.18. The molecule has 150 valence electrons. The topological polar surface area (TPSA) is 99.1 Å². The Morgan fingerprint density at radius 3 is 2.13 bits per heavy atom. The van der Waals surface area contributed by atoms with Crippen LogP contribution in [0.15, 0.2) is 89.3 Å². The monoisotopic (exact) mass is 421 g/mol. The fourth-order valence-corrected chi connectivity index (χ4v) is 3.63. The van der Waals surface area contributed by atoms with Crippen LogP contribution in [-0.4, -0.2) is 14.3 Å². The lowest BCUT2D eigenvalue weighted by Gasteiger charge is -2.13. The lowest BCUT2D eigenvalue weighted by atomic mass is 10.1. The Bertz CT molecular complexity index is 1230. The molecule has 0 aliphatic heterocycles. The second kappa shape index (κ2) is 9.03. The van der Waals surface area contributed by atoms with E-state index in [1.54, 1.807) is 36.4 Å². The first-order valence-electron chi connectivity index (χ1n) is 8.75. The molecule has 0 aromatic heterocycles. The largest absolute Gasteiger partial charge is 0.319 e. The molecular weight excluding hydrogens is 405 g/mol. The molecule has 30 heavy (non-hydrogen) atoms. The molecule has 1 amide bonds. The molecule has 3 aromatic rings. The van der Waals surface area contributed by atoms with E-state index in [1.807, 2.05) is 12.1 Å². The number of anilines is 2. The molecule has 3 rings (SSSR count). The van der Waals surface area contributed by atoms with E-state index in [2.05, 4.69) is 10.0 Å². The lowest BCUT2D eigenvalue weighted by Crippen LogP contribution is -2.18. The summed E-state index contributed by atoms with van der Waals surface area (Å²) in [5.41, 5.74) is 0.807. The van der Waals surface area contributed by atoms with Gasteiger partial charge in [-0.25, -0.2) is 12.8 Å². The third kappa shape index (κ3) is 5.10. The number of hydrogen-bond donors (Lipinski definition) is 2. The molecule has 0 atom stereocenters. The van der Waals surface area contributed by atoms with Gasteiger partial charge in [-0.05, 0) is 48.0 Å². The van der Waals surface area contributed by atoms with Crippen molar-refractivity contribution in [1.29, 1.82) is 5.26 Å². The van der Waals surface area contributed by atoms with Crippen LogP contribution in [0, 0.1) is 17.1 Å². The van der Waals surface area contributed by atoms with E-state index in [0.717, 1.165) is 24.3 Å². The van der Waals surface area contributed by atoms with Gasteiger partial charge in [0.1, 0.15) is 17.5 Å². The maximum absolute atomic E-state index is 13.1. The minimum absolute atomic E-state index is 0.104. The highest BCUT2D eigenvalue weighted by atomic mass is 32.2. The van der Waals surface area contributed by atoms with Gasteiger partial charge in [0.2, 0.25) is 0 Å². The first-order valence-corrected chi connectivity index (χ1v) is 10.2. The van der Waals surface area contributed by atoms with Gasteiger partial charge in [-0.1, -0.05) is 42.5 Å². The van der Waals surface area contributed by atoms with Crippen molar-refractivity contribution in [2.24, 2.45) is 0 Å². The van der Waals surface area contributed by atoms with E-state index in [4.69, 9.17) is 0 Å². The quantitative estimate of drug-likeness (QED) is 0.461. The van der Waals surface area contributed by atoms with Crippen LogP contribution < -0.4 is 10.0 Å². The lowest BCUT2D eigenvalue weighted by molar-refractivity contribution is -0.112. The van der Waals surface area contributed by atoms with Crippen LogP contribution in [0.4, 0.5) is 15.8 Å². The molecule has 8 heteroatoms. The Balaban J connectivity index is 1.85. The Hall–Kier alpha value is -3.96. The average Bonchev–Trinajstić information content (AvgIpc) is 2.74. The molecule has 0 spiro atoms. The Kier molecular flexibility index (Phi) is 6.25. The predicted octanol–water partition coefficient (Wildman–Crippen LogP) is 4.17. The van der Waals surface area contributed by atoms with E-state index in [1.165, 1.54) is 18.2 Å². The second-order valence-corrected chi connectivity index (χ2v) is 7.82. The molecule has 0 bridgehead atoms. The van der Waals surface area contributed by atoms with Crippen LogP contribution in [-0.2, 0) is 14.8 Å². The number of nitrogens with one attached hydrogen (secondary N) is 2. The summed E-state index contributed by atoms with van der Waals surface area (Å²) in [6, 6.07) is 21.2. The minimum atomic E-state index is -4.01. The highest BCUT2D eigenvalue weighted by molar-refractivity contribution is 7.92. The summed E-state index contributed by atoms with van der Waals surface area (Å²) in [5.74, 6) is -1.24. The number of benzene rings is 3. The molecule has 0 aliphatic rings. The van der Waals surface area contributed by atoms with Crippen LogP contribution in [0.2, 0.25) is 0 Å². The van der Waals surface area contributed by atoms with Crippen molar-refractivity contribution < 1.29 is 17.6 Å². The third-order valence-corrected chi connectivity index (χ3v) is 5.40. The fourth-order valence-electron chi connectivity index (χ4n) is 2.55. The zero-order valence-electron chi connectivity index (χ0n) is 15.5. The number of nitrogens with zero attached hydrogens (tertiary/aromatic N) is 1. The van der Waals surface area contributed by atoms with E-state index < -0.39 is 21.7 Å². The fraction of sp³-hybridized carbons (Fsp3) is 0. The van der Waals surface area contributed by atoms with Gasteiger partial charge >= 0.3 is 0 Å². The number of amides is 1. The van der Waals surface area contributed by atoms with Gasteiger partial charge < -0.3 is 5.32 Å². The summed E-state index contributed by atoms with van der Waals surface area (Å²) in [4.78, 5) is 12.4. The van der Waals surface area contributed by atoms with Gasteiger partial charge in [-0.2, -0.15) is 5.26 Å². The molecule has 0 saturated carbocycles. The van der Waals surface area contributed by atoms with Crippen LogP contribution in [0.25, 0.3) is 6.08 Å². The summed E-state index contributed by atoms with van der Waals surface area (Å²) in [7, 11) is -4.01. The molecule has 0 saturated heterocycles. The summed E-state index contributed by atoms with van der Waals surface area (Å²) in [5, 5.41) is 11.9. The highest BCUT2D eigenvalue weighted by Crippen LogP contribution is 2.25. The zero-order chi connectivity index (χ0) is 21.6. The Labute approximate surface area is 173 Å². The standard InChI is InChI=1S/C22H16FN3O3S/c23-18-10-12-19(13-11-18)30(28,29)26-21-9-5-4-8-20(21)25-22(27)17(15-24)14-16-6-2-1-3-7-16/h1-14,26H,(H,25,27)/b17-14+. The minimum Gasteiger partial charge on any atom is -0.319 e. The second-order valence-electron chi connectivity index (χ2n) is 6.14. The zero-order valence-corrected chi connectivity index (χ0v) is 16.4. The molecule has 0 radical (unpaired) electrons. The summed E-state index contributed by atoms with van der Waals surface area (Å²) in [6.45, 7) is 0. The van der Waals surface area contributed by atoms with Gasteiger partial charge in [0.15, 0.2) is 0 Å². The molecule has 0 fully saturated rings. The maximum Gasteiger partial charge on any atom is 0.266 e. The van der Waals surface area contributed by atoms with E-state index in [0.29, 0.717) is 5.56 Å². The molecule has 0 aliphatic carbocycles. The number of hydrogen-bond acceptors (Lipinski definition) is 4. The summed E-state index contributed by atoms with van der Waals surface area (Å²) >= 11 is 0. The molecule has 6 nitrogen and oxygen atoms in total. The molecule has 0 heterocycles. The molecular formula is C22H16FN3O3S. The molecule has 3 aromatic carbocycles. The smallest absolute Gasteiger partial charge is 0.266 e. The van der Waals surface area contributed by atoms with Crippen molar-refractivity contribution in [3.8, 4) is 6.07 Å². The number of sulfonamides is 1. The summed E-state index contributed by atoms with van der Waals surface area (Å²) < 4.78 is 40.6. The van der Waals surface area contributed by atoms with Crippen LogP contribution in [0.1, 0.15) is 5.56 Å². The van der Waals surface area contributed by atoms with Crippen molar-refractivity contribution in [2.75, 3.05) is 10.0 Å². The Morgan fingerprint density at radius 2 is 1.50 bits per heavy atom. The number of carbonyl (C=O) groups excluding carboxylic acids is 1. The summed E-state index contributed by atoms with van der Waals surface area (Å²) in [6.07, 6.45) is 1.43. The number of para-hydroxylation sites is 2. The van der Waals surface area contributed by atoms with Gasteiger partial charge in [-0.15, -0.1) is 0 Å². The van der Waals surface area contributed by atoms with Crippen molar-refractivity contribution in [3.05, 3.63) is 95.8 Å². The maximum atomic E-state index is 13.1. The van der Waals surface area contributed by atoms with Crippen molar-refractivity contribution in [1.82, 2.24) is 0 Å². The van der Waals surface area contributed by atoms with Crippen molar-refractivity contribution in [2.45, 2.75) is 4.90 Å². The number of carbonyl (C=O) groups is 1. The first kappa shape index (κ1) is 20.8. The van der Waals surface area contributed by atoms with Gasteiger partial charge in [0, 0.05) is 0 Å². The number of halogens is 1. The predicted molar refractivity (Wildman–Crippen MR) is 112 cm³/mol. The van der Waals surface area contributed by atoms with Crippen molar-refractivity contribution in [3.63, 3.8) is 0 Å². The Morgan fingerprint density at radius 1 is 0.900 bits per heavy atom. The van der Waals surface area contributed by atoms with Crippen molar-refractivity contribution >= 4 is 33.4 Å². The number of nitriles is 1. The van der Waals surface area contributed by atoms with Gasteiger partial charge in [0.25, 0.3) is 15.9 Å². The molecule has 2 N–H and O–H groups in total. The molecule has 0 unspecified atom stereocenters. The first-order chi connectivity index (χ1) is 14.4. The third-order valence-electron chi connectivity index (χ3n) is 4.02. The SMILES string of the molecule is N#C/C(=C\c1ccccc1)C(=O)Nc1ccccc1NS(=O)(=O)c1ccc(F)cc1. The van der Waals surface area contributed by atoms with Crippen LogP contribution in [0.5, 0.6) is 0 Å².